The molecular formula is C7H16N7+. The van der Waals surface area contributed by atoms with Crippen molar-refractivity contribution in [2.45, 2.75) is 7.43 Å². The first kappa shape index (κ1) is 12.3. The molecule has 0 amide bonds. The number of aromatic nitrogens is 3. The van der Waals surface area contributed by atoms with Crippen LogP contribution in [0.25, 0.3) is 0 Å². The van der Waals surface area contributed by atoms with Crippen molar-refractivity contribution in [2.75, 3.05) is 14.1 Å². The van der Waals surface area contributed by atoms with Crippen LogP contribution in [0.3, 0.4) is 0 Å². The Hall–Kier alpha value is -1.66. The van der Waals surface area contributed by atoms with Crippen molar-refractivity contribution in [3.05, 3.63) is 0 Å². The highest BCUT2D eigenvalue weighted by Crippen LogP contribution is 2.09. The van der Waals surface area contributed by atoms with Crippen molar-refractivity contribution in [2.24, 2.45) is 34.6 Å². The monoisotopic (exact) mass is 198 g/mol. The first-order chi connectivity index (χ1) is 6.20. The van der Waals surface area contributed by atoms with E-state index in [9.17, 15) is 0 Å². The Labute approximate surface area is 83.2 Å². The zero-order valence-corrected chi connectivity index (χ0v) is 8.13. The van der Waals surface area contributed by atoms with Gasteiger partial charge in [0.2, 0.25) is 0 Å². The van der Waals surface area contributed by atoms with Crippen molar-refractivity contribution < 1.29 is 4.57 Å². The highest BCUT2D eigenvalue weighted by atomic mass is 15.5. The van der Waals surface area contributed by atoms with Crippen LogP contribution in [-0.4, -0.2) is 23.9 Å². The molecule has 78 valence electrons. The second-order valence-electron chi connectivity index (χ2n) is 2.38. The molecule has 14 heavy (non-hydrogen) atoms. The Balaban J connectivity index is 0.00000169. The minimum absolute atomic E-state index is 0. The Morgan fingerprint density at radius 2 is 1.79 bits per heavy atom. The second-order valence-corrected chi connectivity index (χ2v) is 2.38. The van der Waals surface area contributed by atoms with Gasteiger partial charge in [-0.3, -0.25) is 0 Å². The van der Waals surface area contributed by atoms with Gasteiger partial charge in [-0.15, -0.1) is 14.9 Å². The van der Waals surface area contributed by atoms with Gasteiger partial charge in [-0.25, -0.2) is 4.57 Å². The summed E-state index contributed by atoms with van der Waals surface area (Å²) in [6, 6.07) is 0. The van der Waals surface area contributed by atoms with Gasteiger partial charge in [-0.1, -0.05) is 7.43 Å². The van der Waals surface area contributed by atoms with Crippen LogP contribution in [0.2, 0.25) is 0 Å². The summed E-state index contributed by atoms with van der Waals surface area (Å²) in [6.45, 7) is 0. The molecule has 7 heteroatoms. The van der Waals surface area contributed by atoms with Gasteiger partial charge in [-0.2, -0.15) is 0 Å². The zero-order chi connectivity index (χ0) is 9.84. The average Bonchev–Trinajstić information content (AvgIpc) is 2.34. The summed E-state index contributed by atoms with van der Waals surface area (Å²) < 4.78 is 3.30. The van der Waals surface area contributed by atoms with Crippen LogP contribution >= 0.6 is 0 Å². The predicted octanol–water partition coefficient (Wildman–Crippen LogP) is 1.31. The van der Waals surface area contributed by atoms with E-state index in [2.05, 4.69) is 25.6 Å². The highest BCUT2D eigenvalue weighted by Gasteiger charge is 2.18. The lowest BCUT2D eigenvalue weighted by molar-refractivity contribution is -0.646. The van der Waals surface area contributed by atoms with Crippen LogP contribution in [0.4, 0.5) is 11.9 Å². The molecule has 0 aliphatic rings. The van der Waals surface area contributed by atoms with E-state index < -0.39 is 0 Å². The first-order valence-corrected chi connectivity index (χ1v) is 3.73. The van der Waals surface area contributed by atoms with E-state index in [1.54, 1.807) is 37.4 Å². The summed E-state index contributed by atoms with van der Waals surface area (Å²) >= 11 is 0. The van der Waals surface area contributed by atoms with Gasteiger partial charge in [0.25, 0.3) is 0 Å². The van der Waals surface area contributed by atoms with Gasteiger partial charge in [0, 0.05) is 12.1 Å². The number of nitrogens with zero attached hydrogens (tertiary/aromatic N) is 7. The van der Waals surface area contributed by atoms with Gasteiger partial charge in [0.15, 0.2) is 0 Å². The van der Waals surface area contributed by atoms with E-state index in [0.717, 1.165) is 0 Å². The number of rotatable bonds is 2. The molecule has 0 N–H and O–H groups in total. The maximum Gasteiger partial charge on any atom is 0.403 e. The van der Waals surface area contributed by atoms with Crippen LogP contribution in [0, 0.1) is 0 Å². The summed E-state index contributed by atoms with van der Waals surface area (Å²) in [7, 11) is 6.78. The molecule has 0 saturated heterocycles. The molecule has 0 spiro atoms. The van der Waals surface area contributed by atoms with Crippen molar-refractivity contribution in [3.63, 3.8) is 0 Å². The van der Waals surface area contributed by atoms with Crippen LogP contribution in [0.5, 0.6) is 0 Å². The summed E-state index contributed by atoms with van der Waals surface area (Å²) in [4.78, 5) is 0. The van der Waals surface area contributed by atoms with E-state index in [-0.39, 0.29) is 7.43 Å². The number of hydrogen-bond donors (Lipinski definition) is 0. The third-order valence-electron chi connectivity index (χ3n) is 1.51. The Morgan fingerprint density at radius 3 is 2.29 bits per heavy atom. The Morgan fingerprint density at radius 1 is 1.21 bits per heavy atom. The maximum absolute atomic E-state index is 4.08. The molecule has 7 nitrogen and oxygen atoms in total. The molecule has 1 heterocycles. The average molecular weight is 198 g/mol. The molecule has 1 aromatic rings. The molecular weight excluding hydrogens is 182 g/mol. The smallest absolute Gasteiger partial charge is 0.208 e. The molecule has 0 aliphatic heterocycles. The zero-order valence-electron chi connectivity index (χ0n) is 8.13. The van der Waals surface area contributed by atoms with Gasteiger partial charge >= 0.3 is 11.9 Å². The number of aryl methyl sites for hydroxylation is 1. The standard InChI is InChI=1S/C6H12N7.CH4/c1-7-9-5-11-13(4)6(10-8-2)12(5)3;/h1-4H3;1H4/q+1;. The molecule has 0 atom stereocenters. The largest absolute Gasteiger partial charge is 0.403 e. The van der Waals surface area contributed by atoms with Gasteiger partial charge < -0.3 is 0 Å². The molecule has 0 saturated carbocycles. The summed E-state index contributed by atoms with van der Waals surface area (Å²) in [5.41, 5.74) is 0. The van der Waals surface area contributed by atoms with Crippen LogP contribution in [0.1, 0.15) is 7.43 Å². The van der Waals surface area contributed by atoms with E-state index in [1.807, 2.05) is 0 Å². The maximum atomic E-state index is 4.08. The SMILES string of the molecule is C.CN=Nc1nn(C)c(N=NC)[n+]1C. The van der Waals surface area contributed by atoms with Crippen LogP contribution in [-0.2, 0) is 14.1 Å². The molecule has 0 aromatic carbocycles. The van der Waals surface area contributed by atoms with E-state index >= 15 is 0 Å². The van der Waals surface area contributed by atoms with Crippen LogP contribution in [0.15, 0.2) is 20.5 Å². The van der Waals surface area contributed by atoms with Crippen molar-refractivity contribution in [1.82, 2.24) is 9.78 Å². The number of hydrogen-bond acceptors (Lipinski definition) is 5. The number of azo groups is 2. The lowest BCUT2D eigenvalue weighted by Gasteiger charge is -1.85. The predicted molar refractivity (Wildman–Crippen MR) is 52.0 cm³/mol. The molecule has 1 aromatic heterocycles. The fourth-order valence-corrected chi connectivity index (χ4v) is 0.950. The quantitative estimate of drug-likeness (QED) is 0.521. The van der Waals surface area contributed by atoms with E-state index in [1.165, 1.54) is 0 Å². The fourth-order valence-electron chi connectivity index (χ4n) is 0.950. The molecule has 0 fully saturated rings. The van der Waals surface area contributed by atoms with Crippen LogP contribution < -0.4 is 4.57 Å². The van der Waals surface area contributed by atoms with Gasteiger partial charge in [-0.05, 0) is 10.2 Å². The fraction of sp³-hybridized carbons (Fsp3) is 0.714. The highest BCUT2D eigenvalue weighted by molar-refractivity contribution is 5.11. The van der Waals surface area contributed by atoms with E-state index in [0.29, 0.717) is 11.9 Å². The summed E-state index contributed by atoms with van der Waals surface area (Å²) in [6.07, 6.45) is 0. The lowest BCUT2D eigenvalue weighted by Crippen LogP contribution is -2.26. The second kappa shape index (κ2) is 5.15. The van der Waals surface area contributed by atoms with Crippen molar-refractivity contribution in [3.8, 4) is 0 Å². The minimum atomic E-state index is 0. The Kier molecular flexibility index (Phi) is 4.54. The van der Waals surface area contributed by atoms with Crippen molar-refractivity contribution >= 4 is 11.9 Å². The summed E-state index contributed by atoms with van der Waals surface area (Å²) in [5, 5.41) is 19.1. The normalized spacial score (nSPS) is 11.1. The minimum Gasteiger partial charge on any atom is -0.208 e. The first-order valence-electron chi connectivity index (χ1n) is 3.73. The summed E-state index contributed by atoms with van der Waals surface area (Å²) in [5.74, 6) is 1.14. The van der Waals surface area contributed by atoms with Crippen molar-refractivity contribution in [1.29, 1.82) is 0 Å². The van der Waals surface area contributed by atoms with Gasteiger partial charge in [0.05, 0.1) is 21.1 Å². The third kappa shape index (κ3) is 2.18. The molecule has 0 radical (unpaired) electrons. The lowest BCUT2D eigenvalue weighted by atomic mass is 10.9. The molecule has 0 aliphatic carbocycles. The topological polar surface area (TPSA) is 71.1 Å². The van der Waals surface area contributed by atoms with E-state index in [4.69, 9.17) is 0 Å². The molecule has 1 rings (SSSR count). The third-order valence-corrected chi connectivity index (χ3v) is 1.51. The van der Waals surface area contributed by atoms with Gasteiger partial charge in [0.1, 0.15) is 0 Å². The molecule has 0 bridgehead atoms. The Bertz CT molecular complexity index is 349. The molecule has 0 unspecified atom stereocenters.